The van der Waals surface area contributed by atoms with Crippen LogP contribution in [0.5, 0.6) is 0 Å². The van der Waals surface area contributed by atoms with E-state index in [4.69, 9.17) is 0 Å². The van der Waals surface area contributed by atoms with Gasteiger partial charge in [0.2, 0.25) is 0 Å². The van der Waals surface area contributed by atoms with Gasteiger partial charge in [-0.2, -0.15) is 10.0 Å². The number of fused-ring (bicyclic) bond motifs is 3. The van der Waals surface area contributed by atoms with E-state index in [0.717, 1.165) is 8.95 Å². The SMILES string of the molecule is CS1(C)c2ccc(Br)cc2-c2cc(Br)ccc21. The van der Waals surface area contributed by atoms with Gasteiger partial charge in [0, 0.05) is 18.7 Å². The first-order chi connectivity index (χ1) is 8.00. The van der Waals surface area contributed by atoms with Crippen molar-refractivity contribution in [3.8, 4) is 11.1 Å². The van der Waals surface area contributed by atoms with Crippen LogP contribution in [0.2, 0.25) is 0 Å². The van der Waals surface area contributed by atoms with Gasteiger partial charge in [0.15, 0.2) is 0 Å². The zero-order valence-corrected chi connectivity index (χ0v) is 13.6. The van der Waals surface area contributed by atoms with Gasteiger partial charge in [0.25, 0.3) is 0 Å². The average Bonchev–Trinajstić information content (AvgIpc) is 2.47. The molecule has 1 aliphatic heterocycles. The third kappa shape index (κ3) is 1.71. The molecule has 0 bridgehead atoms. The summed E-state index contributed by atoms with van der Waals surface area (Å²) >= 11 is 7.14. The molecule has 17 heavy (non-hydrogen) atoms. The third-order valence-corrected chi connectivity index (χ3v) is 7.17. The molecule has 1 heterocycles. The maximum Gasteiger partial charge on any atom is 0.0182 e. The Morgan fingerprint density at radius 3 is 1.59 bits per heavy atom. The highest BCUT2D eigenvalue weighted by molar-refractivity contribution is 9.10. The molecule has 3 rings (SSSR count). The molecular weight excluding hydrogens is 360 g/mol. The Balaban J connectivity index is 2.39. The van der Waals surface area contributed by atoms with Crippen LogP contribution in [0.25, 0.3) is 11.1 Å². The highest BCUT2D eigenvalue weighted by atomic mass is 79.9. The summed E-state index contributed by atoms with van der Waals surface area (Å²) in [5.41, 5.74) is 2.77. The molecule has 0 radical (unpaired) electrons. The van der Waals surface area contributed by atoms with Crippen molar-refractivity contribution in [1.82, 2.24) is 0 Å². The van der Waals surface area contributed by atoms with Crippen LogP contribution in [0.1, 0.15) is 0 Å². The molecule has 0 aliphatic carbocycles. The van der Waals surface area contributed by atoms with Crippen LogP contribution < -0.4 is 0 Å². The largest absolute Gasteiger partial charge is 0.192 e. The summed E-state index contributed by atoms with van der Waals surface area (Å²) in [6.07, 6.45) is 4.75. The third-order valence-electron chi connectivity index (χ3n) is 3.27. The predicted octanol–water partition coefficient (Wildman–Crippen LogP) is 5.67. The molecule has 0 unspecified atom stereocenters. The van der Waals surface area contributed by atoms with Gasteiger partial charge < -0.3 is 0 Å². The van der Waals surface area contributed by atoms with Gasteiger partial charge in [-0.1, -0.05) is 31.9 Å². The molecule has 0 fully saturated rings. The van der Waals surface area contributed by atoms with Crippen molar-refractivity contribution >= 4 is 41.9 Å². The van der Waals surface area contributed by atoms with Gasteiger partial charge in [-0.15, -0.1) is 0 Å². The van der Waals surface area contributed by atoms with E-state index in [1.54, 1.807) is 0 Å². The standard InChI is InChI=1S/C14H12Br2S/c1-17(2)13-5-3-9(15)7-11(13)12-8-10(16)4-6-14(12)17/h3-8H,1-2H3. The average molecular weight is 372 g/mol. The number of halogens is 2. The Morgan fingerprint density at radius 1 is 0.765 bits per heavy atom. The van der Waals surface area contributed by atoms with Gasteiger partial charge in [0.05, 0.1) is 0 Å². The first kappa shape index (κ1) is 11.8. The Hall–Kier alpha value is -0.250. The van der Waals surface area contributed by atoms with Crippen LogP contribution in [-0.2, 0) is 0 Å². The Morgan fingerprint density at radius 2 is 1.18 bits per heavy atom. The molecule has 0 amide bonds. The monoisotopic (exact) mass is 370 g/mol. The van der Waals surface area contributed by atoms with Crippen molar-refractivity contribution in [1.29, 1.82) is 0 Å². The zero-order valence-electron chi connectivity index (χ0n) is 9.63. The van der Waals surface area contributed by atoms with Gasteiger partial charge in [-0.3, -0.25) is 0 Å². The van der Waals surface area contributed by atoms with Gasteiger partial charge >= 0.3 is 0 Å². The second kappa shape index (κ2) is 3.87. The molecule has 88 valence electrons. The summed E-state index contributed by atoms with van der Waals surface area (Å²) in [5, 5.41) is 0. The molecule has 2 aromatic rings. The lowest BCUT2D eigenvalue weighted by molar-refractivity contribution is 1.42. The van der Waals surface area contributed by atoms with E-state index in [1.165, 1.54) is 20.9 Å². The molecule has 3 heteroatoms. The summed E-state index contributed by atoms with van der Waals surface area (Å²) < 4.78 is 2.30. The molecule has 0 atom stereocenters. The highest BCUT2D eigenvalue weighted by Gasteiger charge is 2.31. The second-order valence-electron chi connectivity index (χ2n) is 4.61. The number of hydrogen-bond donors (Lipinski definition) is 0. The minimum Gasteiger partial charge on any atom is -0.192 e. The lowest BCUT2D eigenvalue weighted by Gasteiger charge is -2.28. The number of rotatable bonds is 0. The van der Waals surface area contributed by atoms with E-state index in [0.29, 0.717) is 0 Å². The molecule has 0 N–H and O–H groups in total. The van der Waals surface area contributed by atoms with Crippen LogP contribution in [0.3, 0.4) is 0 Å². The fraction of sp³-hybridized carbons (Fsp3) is 0.143. The van der Waals surface area contributed by atoms with Crippen molar-refractivity contribution < 1.29 is 0 Å². The lowest BCUT2D eigenvalue weighted by atomic mass is 10.1. The van der Waals surface area contributed by atoms with E-state index in [-0.39, 0.29) is 0 Å². The van der Waals surface area contributed by atoms with Crippen molar-refractivity contribution in [2.75, 3.05) is 12.5 Å². The maximum atomic E-state index is 3.57. The van der Waals surface area contributed by atoms with Crippen LogP contribution in [0.4, 0.5) is 0 Å². The molecule has 0 nitrogen and oxygen atoms in total. The summed E-state index contributed by atoms with van der Waals surface area (Å²) in [6, 6.07) is 13.3. The quantitative estimate of drug-likeness (QED) is 0.559. The van der Waals surface area contributed by atoms with Gasteiger partial charge in [0.1, 0.15) is 0 Å². The second-order valence-corrected chi connectivity index (χ2v) is 9.97. The molecule has 0 saturated heterocycles. The summed E-state index contributed by atoms with van der Waals surface area (Å²) in [7, 11) is -0.840. The number of hydrogen-bond acceptors (Lipinski definition) is 0. The zero-order chi connectivity index (χ0) is 12.2. The Bertz CT molecular complexity index is 564. The van der Waals surface area contributed by atoms with Gasteiger partial charge in [-0.25, -0.2) is 0 Å². The molecule has 0 spiro atoms. The first-order valence-corrected chi connectivity index (χ1v) is 9.36. The Labute approximate surface area is 120 Å². The van der Waals surface area contributed by atoms with E-state index < -0.39 is 10.0 Å². The molecule has 0 saturated carbocycles. The smallest absolute Gasteiger partial charge is 0.0182 e. The van der Waals surface area contributed by atoms with Crippen LogP contribution in [0.15, 0.2) is 55.1 Å². The summed E-state index contributed by atoms with van der Waals surface area (Å²) in [6.45, 7) is 0. The molecular formula is C14H12Br2S. The summed E-state index contributed by atoms with van der Waals surface area (Å²) in [5.74, 6) is 0. The topological polar surface area (TPSA) is 0 Å². The normalized spacial score (nSPS) is 17.4. The fourth-order valence-electron chi connectivity index (χ4n) is 2.43. The van der Waals surface area contributed by atoms with E-state index in [9.17, 15) is 0 Å². The number of benzene rings is 2. The Kier molecular flexibility index (Phi) is 2.69. The van der Waals surface area contributed by atoms with Gasteiger partial charge in [-0.05, 0) is 60.0 Å². The molecule has 1 aliphatic rings. The van der Waals surface area contributed by atoms with Crippen molar-refractivity contribution in [2.45, 2.75) is 9.79 Å². The van der Waals surface area contributed by atoms with Crippen molar-refractivity contribution in [3.05, 3.63) is 45.3 Å². The summed E-state index contributed by atoms with van der Waals surface area (Å²) in [4.78, 5) is 2.99. The van der Waals surface area contributed by atoms with Crippen LogP contribution in [0, 0.1) is 0 Å². The maximum absolute atomic E-state index is 3.57. The lowest BCUT2D eigenvalue weighted by Crippen LogP contribution is -1.91. The fourth-order valence-corrected chi connectivity index (χ4v) is 5.65. The van der Waals surface area contributed by atoms with E-state index in [2.05, 4.69) is 80.8 Å². The van der Waals surface area contributed by atoms with Crippen LogP contribution in [-0.4, -0.2) is 12.5 Å². The highest BCUT2D eigenvalue weighted by Crippen LogP contribution is 2.67. The minimum atomic E-state index is -0.840. The van der Waals surface area contributed by atoms with E-state index in [1.807, 2.05) is 0 Å². The van der Waals surface area contributed by atoms with Crippen LogP contribution >= 0.6 is 41.9 Å². The predicted molar refractivity (Wildman–Crippen MR) is 83.2 cm³/mol. The van der Waals surface area contributed by atoms with E-state index >= 15 is 0 Å². The molecule has 2 aromatic carbocycles. The first-order valence-electron chi connectivity index (χ1n) is 5.33. The minimum absolute atomic E-state index is 0.840. The van der Waals surface area contributed by atoms with Crippen molar-refractivity contribution in [2.24, 2.45) is 0 Å². The van der Waals surface area contributed by atoms with Crippen molar-refractivity contribution in [3.63, 3.8) is 0 Å². The molecule has 0 aromatic heterocycles.